The first kappa shape index (κ1) is 12.6. The number of hydrogen-bond donors (Lipinski definition) is 1. The van der Waals surface area contributed by atoms with E-state index in [1.807, 2.05) is 0 Å². The van der Waals surface area contributed by atoms with Gasteiger partial charge in [-0.1, -0.05) is 60.7 Å². The molecule has 3 aromatic rings. The summed E-state index contributed by atoms with van der Waals surface area (Å²) in [6.45, 7) is 0. The fourth-order valence-corrected chi connectivity index (χ4v) is 2.89. The van der Waals surface area contributed by atoms with Crippen LogP contribution >= 0.6 is 11.3 Å². The molecule has 0 aliphatic rings. The monoisotopic (exact) mass is 253 g/mol. The van der Waals surface area contributed by atoms with Crippen molar-refractivity contribution >= 4 is 11.3 Å². The van der Waals surface area contributed by atoms with Crippen molar-refractivity contribution in [3.8, 4) is 21.6 Å². The van der Waals surface area contributed by atoms with E-state index in [-0.39, 0.29) is 6.15 Å². The molecule has 0 bridgehead atoms. The summed E-state index contributed by atoms with van der Waals surface area (Å²) in [5.74, 6) is 0. The van der Waals surface area contributed by atoms with E-state index in [1.54, 1.807) is 11.3 Å². The van der Waals surface area contributed by atoms with Gasteiger partial charge in [-0.2, -0.15) is 0 Å². The molecule has 0 amide bonds. The summed E-state index contributed by atoms with van der Waals surface area (Å²) in [5, 5.41) is 2.16. The maximum absolute atomic E-state index is 2.20. The topological polar surface area (TPSA) is 35.0 Å². The van der Waals surface area contributed by atoms with E-state index >= 15 is 0 Å². The Morgan fingerprint density at radius 2 is 1.17 bits per heavy atom. The van der Waals surface area contributed by atoms with E-state index in [2.05, 4.69) is 72.1 Å². The summed E-state index contributed by atoms with van der Waals surface area (Å²) < 4.78 is 0. The van der Waals surface area contributed by atoms with Gasteiger partial charge in [0.1, 0.15) is 0 Å². The van der Waals surface area contributed by atoms with Gasteiger partial charge in [-0.15, -0.1) is 11.3 Å². The second-order valence-corrected chi connectivity index (χ2v) is 4.81. The Morgan fingerprint density at radius 1 is 0.611 bits per heavy atom. The molecule has 0 radical (unpaired) electrons. The lowest BCUT2D eigenvalue weighted by Gasteiger charge is -2.03. The number of hydrogen-bond acceptors (Lipinski definition) is 2. The molecule has 90 valence electrons. The third kappa shape index (κ3) is 2.35. The van der Waals surface area contributed by atoms with Gasteiger partial charge in [0.25, 0.3) is 0 Å². The highest BCUT2D eigenvalue weighted by Crippen LogP contribution is 2.36. The molecular formula is C16H15NS. The Morgan fingerprint density at radius 3 is 1.78 bits per heavy atom. The van der Waals surface area contributed by atoms with Gasteiger partial charge in [0.2, 0.25) is 0 Å². The lowest BCUT2D eigenvalue weighted by Crippen LogP contribution is -1.77. The minimum Gasteiger partial charge on any atom is -0.344 e. The van der Waals surface area contributed by atoms with Crippen LogP contribution in [0.3, 0.4) is 0 Å². The second kappa shape index (κ2) is 5.63. The first-order valence-electron chi connectivity index (χ1n) is 5.63. The molecule has 2 aromatic carbocycles. The standard InChI is InChI=1S/C16H12S.H3N/c1-3-7-13(8-4-1)15-11-12-17-16(15)14-9-5-2-6-10-14;/h1-12H;1H3. The lowest BCUT2D eigenvalue weighted by atomic mass is 10.0. The largest absolute Gasteiger partial charge is 0.344 e. The molecule has 18 heavy (non-hydrogen) atoms. The van der Waals surface area contributed by atoms with Crippen LogP contribution in [0.2, 0.25) is 0 Å². The normalized spacial score (nSPS) is 9.78. The van der Waals surface area contributed by atoms with Crippen molar-refractivity contribution in [1.29, 1.82) is 0 Å². The Hall–Kier alpha value is -1.90. The SMILES string of the molecule is N.c1ccc(-c2ccsc2-c2ccccc2)cc1. The summed E-state index contributed by atoms with van der Waals surface area (Å²) in [4.78, 5) is 1.34. The van der Waals surface area contributed by atoms with E-state index < -0.39 is 0 Å². The van der Waals surface area contributed by atoms with Crippen LogP contribution in [-0.2, 0) is 0 Å². The average Bonchev–Trinajstić information content (AvgIpc) is 2.90. The molecule has 1 heterocycles. The molecular weight excluding hydrogens is 238 g/mol. The fraction of sp³-hybridized carbons (Fsp3) is 0. The first-order valence-corrected chi connectivity index (χ1v) is 6.51. The Bertz CT molecular complexity index is 545. The van der Waals surface area contributed by atoms with Crippen molar-refractivity contribution in [2.75, 3.05) is 0 Å². The lowest BCUT2D eigenvalue weighted by molar-refractivity contribution is 1.65. The predicted molar refractivity (Wildman–Crippen MR) is 80.2 cm³/mol. The van der Waals surface area contributed by atoms with Gasteiger partial charge in [0.05, 0.1) is 0 Å². The van der Waals surface area contributed by atoms with Crippen molar-refractivity contribution in [2.24, 2.45) is 0 Å². The van der Waals surface area contributed by atoms with E-state index in [9.17, 15) is 0 Å². The molecule has 0 saturated heterocycles. The molecule has 3 rings (SSSR count). The van der Waals surface area contributed by atoms with Crippen LogP contribution in [0.5, 0.6) is 0 Å². The van der Waals surface area contributed by atoms with Crippen molar-refractivity contribution in [3.05, 3.63) is 72.1 Å². The molecule has 2 heteroatoms. The second-order valence-electron chi connectivity index (χ2n) is 3.90. The van der Waals surface area contributed by atoms with Gasteiger partial charge < -0.3 is 6.15 Å². The highest BCUT2D eigenvalue weighted by Gasteiger charge is 2.07. The summed E-state index contributed by atoms with van der Waals surface area (Å²) in [5.41, 5.74) is 3.90. The van der Waals surface area contributed by atoms with E-state index in [0.717, 1.165) is 0 Å². The van der Waals surface area contributed by atoms with Gasteiger partial charge in [-0.3, -0.25) is 0 Å². The van der Waals surface area contributed by atoms with Crippen LogP contribution in [0.4, 0.5) is 0 Å². The summed E-state index contributed by atoms with van der Waals surface area (Å²) in [6.07, 6.45) is 0. The van der Waals surface area contributed by atoms with Gasteiger partial charge >= 0.3 is 0 Å². The molecule has 0 fully saturated rings. The highest BCUT2D eigenvalue weighted by molar-refractivity contribution is 7.14. The Labute approximate surface area is 111 Å². The van der Waals surface area contributed by atoms with Crippen LogP contribution in [0.1, 0.15) is 0 Å². The Kier molecular flexibility index (Phi) is 3.92. The molecule has 0 spiro atoms. The van der Waals surface area contributed by atoms with E-state index in [4.69, 9.17) is 0 Å². The average molecular weight is 253 g/mol. The summed E-state index contributed by atoms with van der Waals surface area (Å²) in [6, 6.07) is 23.3. The van der Waals surface area contributed by atoms with E-state index in [0.29, 0.717) is 0 Å². The number of benzene rings is 2. The smallest absolute Gasteiger partial charge is 0.0421 e. The van der Waals surface area contributed by atoms with Crippen LogP contribution in [0.15, 0.2) is 72.1 Å². The van der Waals surface area contributed by atoms with Crippen molar-refractivity contribution in [2.45, 2.75) is 0 Å². The van der Waals surface area contributed by atoms with Crippen molar-refractivity contribution < 1.29 is 0 Å². The molecule has 1 nitrogen and oxygen atoms in total. The Balaban J connectivity index is 0.00000120. The zero-order valence-electron chi connectivity index (χ0n) is 10.0. The minimum atomic E-state index is 0. The van der Waals surface area contributed by atoms with Gasteiger partial charge in [-0.05, 0) is 22.6 Å². The molecule has 0 unspecified atom stereocenters. The maximum atomic E-state index is 2.20. The molecule has 0 aliphatic heterocycles. The van der Waals surface area contributed by atoms with Gasteiger partial charge in [0, 0.05) is 10.4 Å². The summed E-state index contributed by atoms with van der Waals surface area (Å²) >= 11 is 1.80. The number of thiophene rings is 1. The maximum Gasteiger partial charge on any atom is 0.0421 e. The van der Waals surface area contributed by atoms with Crippen molar-refractivity contribution in [3.63, 3.8) is 0 Å². The highest BCUT2D eigenvalue weighted by atomic mass is 32.1. The van der Waals surface area contributed by atoms with Crippen LogP contribution < -0.4 is 6.15 Å². The predicted octanol–water partition coefficient (Wildman–Crippen LogP) is 5.24. The zero-order valence-corrected chi connectivity index (χ0v) is 10.9. The summed E-state index contributed by atoms with van der Waals surface area (Å²) in [7, 11) is 0. The fourth-order valence-electron chi connectivity index (χ4n) is 1.97. The number of rotatable bonds is 2. The molecule has 0 saturated carbocycles. The third-order valence-corrected chi connectivity index (χ3v) is 3.75. The van der Waals surface area contributed by atoms with Crippen molar-refractivity contribution in [1.82, 2.24) is 6.15 Å². The minimum absolute atomic E-state index is 0. The molecule has 0 atom stereocenters. The first-order chi connectivity index (χ1) is 8.45. The van der Waals surface area contributed by atoms with Gasteiger partial charge in [-0.25, -0.2) is 0 Å². The molecule has 0 aliphatic carbocycles. The molecule has 3 N–H and O–H groups in total. The van der Waals surface area contributed by atoms with Crippen LogP contribution in [0.25, 0.3) is 21.6 Å². The van der Waals surface area contributed by atoms with E-state index in [1.165, 1.54) is 21.6 Å². The van der Waals surface area contributed by atoms with Crippen LogP contribution in [0, 0.1) is 0 Å². The van der Waals surface area contributed by atoms with Gasteiger partial charge in [0.15, 0.2) is 0 Å². The third-order valence-electron chi connectivity index (χ3n) is 2.79. The zero-order chi connectivity index (χ0) is 11.5. The van der Waals surface area contributed by atoms with Crippen LogP contribution in [-0.4, -0.2) is 0 Å². The quantitative estimate of drug-likeness (QED) is 0.665. The molecule has 1 aromatic heterocycles.